The molecule has 0 spiro atoms. The molecule has 0 radical (unpaired) electrons. The molecule has 19 heavy (non-hydrogen) atoms. The molecule has 0 aliphatic rings. The van der Waals surface area contributed by atoms with E-state index in [9.17, 15) is 8.42 Å². The third kappa shape index (κ3) is 5.48. The predicted octanol–water partition coefficient (Wildman–Crippen LogP) is 1.65. The minimum atomic E-state index is -3.47. The Labute approximate surface area is 123 Å². The van der Waals surface area contributed by atoms with Crippen LogP contribution in [0.3, 0.4) is 0 Å². The van der Waals surface area contributed by atoms with Gasteiger partial charge in [-0.25, -0.2) is 13.1 Å². The van der Waals surface area contributed by atoms with Crippen LogP contribution < -0.4 is 10.5 Å². The van der Waals surface area contributed by atoms with Crippen LogP contribution in [-0.4, -0.2) is 40.5 Å². The van der Waals surface area contributed by atoms with Gasteiger partial charge in [0.05, 0.1) is 4.90 Å². The Balaban J connectivity index is 2.56. The summed E-state index contributed by atoms with van der Waals surface area (Å²) in [5.41, 5.74) is 6.11. The number of rotatable bonds is 7. The maximum atomic E-state index is 12.1. The van der Waals surface area contributed by atoms with E-state index in [-0.39, 0.29) is 4.90 Å². The van der Waals surface area contributed by atoms with Crippen LogP contribution in [0.25, 0.3) is 0 Å². The summed E-state index contributed by atoms with van der Waals surface area (Å²) in [4.78, 5) is 2.29. The Hall–Kier alpha value is -0.630. The lowest BCUT2D eigenvalue weighted by Crippen LogP contribution is -2.26. The Bertz CT molecular complexity index is 518. The highest BCUT2D eigenvalue weighted by molar-refractivity contribution is 9.10. The Morgan fingerprint density at radius 3 is 2.58 bits per heavy atom. The van der Waals surface area contributed by atoms with Crippen LogP contribution in [0.15, 0.2) is 27.6 Å². The molecule has 0 saturated heterocycles. The molecule has 0 unspecified atom stereocenters. The van der Waals surface area contributed by atoms with Crippen molar-refractivity contribution in [1.29, 1.82) is 0 Å². The number of nitrogens with zero attached hydrogens (tertiary/aromatic N) is 1. The molecular weight excluding hydrogens is 330 g/mol. The van der Waals surface area contributed by atoms with E-state index >= 15 is 0 Å². The van der Waals surface area contributed by atoms with Crippen LogP contribution in [0.1, 0.15) is 12.8 Å². The van der Waals surface area contributed by atoms with Gasteiger partial charge in [-0.2, -0.15) is 0 Å². The zero-order valence-electron chi connectivity index (χ0n) is 11.2. The second kappa shape index (κ2) is 7.23. The van der Waals surface area contributed by atoms with Gasteiger partial charge in [0.25, 0.3) is 0 Å². The number of nitrogens with one attached hydrogen (secondary N) is 1. The molecule has 0 fully saturated rings. The monoisotopic (exact) mass is 349 g/mol. The van der Waals surface area contributed by atoms with Crippen LogP contribution in [0, 0.1) is 0 Å². The number of hydrogen-bond donors (Lipinski definition) is 2. The highest BCUT2D eigenvalue weighted by atomic mass is 79.9. The number of halogens is 1. The molecule has 0 aromatic heterocycles. The van der Waals surface area contributed by atoms with E-state index in [2.05, 4.69) is 25.6 Å². The van der Waals surface area contributed by atoms with Gasteiger partial charge in [0, 0.05) is 16.7 Å². The number of nitrogens with two attached hydrogens (primary N) is 1. The lowest BCUT2D eigenvalue weighted by molar-refractivity contribution is 0.394. The first-order chi connectivity index (χ1) is 8.83. The van der Waals surface area contributed by atoms with E-state index in [0.29, 0.717) is 16.7 Å². The summed E-state index contributed by atoms with van der Waals surface area (Å²) in [7, 11) is 0.517. The summed E-state index contributed by atoms with van der Waals surface area (Å²) in [6, 6.07) is 4.66. The van der Waals surface area contributed by atoms with Gasteiger partial charge in [-0.1, -0.05) is 0 Å². The lowest BCUT2D eigenvalue weighted by atomic mass is 10.3. The minimum absolute atomic E-state index is 0.217. The average Bonchev–Trinajstić information content (AvgIpc) is 2.27. The van der Waals surface area contributed by atoms with Crippen molar-refractivity contribution in [3.8, 4) is 0 Å². The van der Waals surface area contributed by atoms with E-state index in [0.717, 1.165) is 19.4 Å². The van der Waals surface area contributed by atoms with Crippen LogP contribution >= 0.6 is 15.9 Å². The predicted molar refractivity (Wildman–Crippen MR) is 81.5 cm³/mol. The summed E-state index contributed by atoms with van der Waals surface area (Å²) in [6.45, 7) is 1.39. The molecule has 3 N–H and O–H groups in total. The molecule has 5 nitrogen and oxygen atoms in total. The average molecular weight is 350 g/mol. The number of unbranched alkanes of at least 4 members (excludes halogenated alkanes) is 1. The first kappa shape index (κ1) is 16.4. The van der Waals surface area contributed by atoms with E-state index in [1.807, 2.05) is 14.1 Å². The molecule has 0 aliphatic carbocycles. The van der Waals surface area contributed by atoms with Crippen LogP contribution in [0.5, 0.6) is 0 Å². The zero-order chi connectivity index (χ0) is 14.5. The molecule has 0 atom stereocenters. The number of sulfonamides is 1. The summed E-state index contributed by atoms with van der Waals surface area (Å²) in [6.07, 6.45) is 1.77. The second-order valence-corrected chi connectivity index (χ2v) is 7.19. The fraction of sp³-hybridized carbons (Fsp3) is 0.500. The van der Waals surface area contributed by atoms with Crippen LogP contribution in [0.2, 0.25) is 0 Å². The van der Waals surface area contributed by atoms with Crippen molar-refractivity contribution in [1.82, 2.24) is 9.62 Å². The number of anilines is 1. The van der Waals surface area contributed by atoms with E-state index in [1.165, 1.54) is 6.07 Å². The van der Waals surface area contributed by atoms with Gasteiger partial charge in [0.1, 0.15) is 0 Å². The molecule has 0 amide bonds. The first-order valence-corrected chi connectivity index (χ1v) is 8.30. The minimum Gasteiger partial charge on any atom is -0.399 e. The lowest BCUT2D eigenvalue weighted by Gasteiger charge is -2.11. The van der Waals surface area contributed by atoms with Gasteiger partial charge >= 0.3 is 0 Å². The molecule has 1 aromatic carbocycles. The molecular formula is C12H20BrN3O2S. The first-order valence-electron chi connectivity index (χ1n) is 6.02. The van der Waals surface area contributed by atoms with Gasteiger partial charge in [-0.15, -0.1) is 0 Å². The fourth-order valence-electron chi connectivity index (χ4n) is 1.57. The van der Waals surface area contributed by atoms with E-state index in [1.54, 1.807) is 12.1 Å². The van der Waals surface area contributed by atoms with Crippen molar-refractivity contribution >= 4 is 31.6 Å². The van der Waals surface area contributed by atoms with Crippen molar-refractivity contribution in [3.63, 3.8) is 0 Å². The van der Waals surface area contributed by atoms with Crippen molar-refractivity contribution in [3.05, 3.63) is 22.7 Å². The van der Waals surface area contributed by atoms with Crippen molar-refractivity contribution < 1.29 is 8.42 Å². The smallest absolute Gasteiger partial charge is 0.241 e. The Morgan fingerprint density at radius 1 is 1.32 bits per heavy atom. The summed E-state index contributed by atoms with van der Waals surface area (Å²) < 4.78 is 27.2. The topological polar surface area (TPSA) is 75.4 Å². The fourth-order valence-corrected chi connectivity index (χ4v) is 3.74. The maximum Gasteiger partial charge on any atom is 0.241 e. The summed E-state index contributed by atoms with van der Waals surface area (Å²) in [5, 5.41) is 0. The van der Waals surface area contributed by atoms with Gasteiger partial charge in [0.2, 0.25) is 10.0 Å². The Morgan fingerprint density at radius 2 is 2.00 bits per heavy atom. The van der Waals surface area contributed by atoms with Crippen molar-refractivity contribution in [2.75, 3.05) is 32.9 Å². The summed E-state index contributed by atoms with van der Waals surface area (Å²) in [5.74, 6) is 0. The third-order valence-electron chi connectivity index (χ3n) is 2.57. The Kier molecular flexibility index (Phi) is 6.25. The molecule has 1 aromatic rings. The molecule has 0 bridgehead atoms. The highest BCUT2D eigenvalue weighted by Crippen LogP contribution is 2.23. The zero-order valence-corrected chi connectivity index (χ0v) is 13.6. The van der Waals surface area contributed by atoms with Gasteiger partial charge < -0.3 is 10.6 Å². The van der Waals surface area contributed by atoms with Gasteiger partial charge in [-0.05, 0) is 67.6 Å². The number of benzene rings is 1. The highest BCUT2D eigenvalue weighted by Gasteiger charge is 2.16. The molecule has 0 saturated carbocycles. The number of nitrogen functional groups attached to an aromatic ring is 1. The summed E-state index contributed by atoms with van der Waals surface area (Å²) >= 11 is 3.22. The van der Waals surface area contributed by atoms with Gasteiger partial charge in [0.15, 0.2) is 0 Å². The van der Waals surface area contributed by atoms with E-state index < -0.39 is 10.0 Å². The van der Waals surface area contributed by atoms with Crippen LogP contribution in [-0.2, 0) is 10.0 Å². The standard InChI is InChI=1S/C12H20BrN3O2S/c1-16(2)8-4-3-7-15-19(17,18)12-6-5-10(14)9-11(12)13/h5-6,9,15H,3-4,7-8,14H2,1-2H3. The molecule has 0 aliphatic heterocycles. The van der Waals surface area contributed by atoms with Crippen molar-refractivity contribution in [2.45, 2.75) is 17.7 Å². The SMILES string of the molecule is CN(C)CCCCNS(=O)(=O)c1ccc(N)cc1Br. The normalized spacial score (nSPS) is 12.0. The quantitative estimate of drug-likeness (QED) is 0.579. The molecule has 0 heterocycles. The largest absolute Gasteiger partial charge is 0.399 e. The van der Waals surface area contributed by atoms with Gasteiger partial charge in [-0.3, -0.25) is 0 Å². The van der Waals surface area contributed by atoms with E-state index in [4.69, 9.17) is 5.73 Å². The number of hydrogen-bond acceptors (Lipinski definition) is 4. The molecule has 1 rings (SSSR count). The maximum absolute atomic E-state index is 12.1. The second-order valence-electron chi connectivity index (χ2n) is 4.60. The van der Waals surface area contributed by atoms with Crippen LogP contribution in [0.4, 0.5) is 5.69 Å². The third-order valence-corrected chi connectivity index (χ3v) is 5.01. The molecule has 108 valence electrons. The molecule has 7 heteroatoms. The van der Waals surface area contributed by atoms with Crippen molar-refractivity contribution in [2.24, 2.45) is 0 Å².